The second-order valence-electron chi connectivity index (χ2n) is 6.10. The van der Waals surface area contributed by atoms with Gasteiger partial charge in [-0.2, -0.15) is 8.42 Å². The monoisotopic (exact) mass is 394 g/mol. The van der Waals surface area contributed by atoms with Crippen molar-refractivity contribution in [1.82, 2.24) is 10.2 Å². The van der Waals surface area contributed by atoms with Gasteiger partial charge >= 0.3 is 16.1 Å². The molecule has 2 rings (SSSR count). The van der Waals surface area contributed by atoms with E-state index in [9.17, 15) is 13.2 Å². The predicted molar refractivity (Wildman–Crippen MR) is 103 cm³/mol. The molecule has 0 unspecified atom stereocenters. The van der Waals surface area contributed by atoms with Crippen LogP contribution in [0.15, 0.2) is 47.1 Å². The molecular formula is C19H26N2O5S. The van der Waals surface area contributed by atoms with Crippen LogP contribution in [-0.2, 0) is 23.2 Å². The van der Waals surface area contributed by atoms with Gasteiger partial charge in [0.25, 0.3) is 0 Å². The molecule has 7 nitrogen and oxygen atoms in total. The number of nitrogens with one attached hydrogen (secondary N) is 1. The summed E-state index contributed by atoms with van der Waals surface area (Å²) in [6, 6.07) is 10.1. The van der Waals surface area contributed by atoms with Crippen LogP contribution in [0.1, 0.15) is 38.0 Å². The quantitative estimate of drug-likeness (QED) is 0.492. The van der Waals surface area contributed by atoms with Crippen LogP contribution in [0.25, 0.3) is 0 Å². The van der Waals surface area contributed by atoms with E-state index in [0.29, 0.717) is 25.4 Å². The van der Waals surface area contributed by atoms with E-state index in [0.717, 1.165) is 18.4 Å². The maximum absolute atomic E-state index is 12.6. The van der Waals surface area contributed by atoms with Gasteiger partial charge in [-0.15, -0.1) is 0 Å². The van der Waals surface area contributed by atoms with Crippen molar-refractivity contribution in [3.8, 4) is 5.75 Å². The lowest BCUT2D eigenvalue weighted by molar-refractivity contribution is 0.187. The second kappa shape index (κ2) is 10.0. The van der Waals surface area contributed by atoms with Gasteiger partial charge in [0.2, 0.25) is 0 Å². The van der Waals surface area contributed by atoms with E-state index in [1.54, 1.807) is 41.5 Å². The summed E-state index contributed by atoms with van der Waals surface area (Å²) in [5.74, 6) is 0.794. The Kier molecular flexibility index (Phi) is 7.72. The smallest absolute Gasteiger partial charge is 0.318 e. The molecule has 1 aromatic carbocycles. The normalized spacial score (nSPS) is 11.2. The molecule has 0 aliphatic carbocycles. The molecule has 0 radical (unpaired) electrons. The summed E-state index contributed by atoms with van der Waals surface area (Å²) in [5, 5.41) is 2.90. The number of rotatable bonds is 10. The highest BCUT2D eigenvalue weighted by Crippen LogP contribution is 2.18. The Bertz CT molecular complexity index is 818. The average Bonchev–Trinajstić information content (AvgIpc) is 3.14. The summed E-state index contributed by atoms with van der Waals surface area (Å²) in [7, 11) is -3.60. The molecule has 0 bridgehead atoms. The molecule has 148 valence electrons. The van der Waals surface area contributed by atoms with Crippen LogP contribution in [-0.4, -0.2) is 31.6 Å². The first kappa shape index (κ1) is 20.8. The fourth-order valence-electron chi connectivity index (χ4n) is 2.40. The Morgan fingerprint density at radius 2 is 2.00 bits per heavy atom. The lowest BCUT2D eigenvalue weighted by atomic mass is 10.2. The molecule has 2 amide bonds. The van der Waals surface area contributed by atoms with E-state index in [-0.39, 0.29) is 17.5 Å². The molecule has 0 fully saturated rings. The molecule has 0 saturated carbocycles. The van der Waals surface area contributed by atoms with Crippen LogP contribution in [0.2, 0.25) is 0 Å². The fraction of sp³-hybridized carbons (Fsp3) is 0.421. The van der Waals surface area contributed by atoms with Crippen molar-refractivity contribution in [3.05, 3.63) is 54.0 Å². The second-order valence-corrected chi connectivity index (χ2v) is 7.96. The lowest BCUT2D eigenvalue weighted by Crippen LogP contribution is -2.39. The number of benzene rings is 1. The number of hydrogen-bond donors (Lipinski definition) is 1. The minimum Gasteiger partial charge on any atom is -0.467 e. The molecule has 0 saturated heterocycles. The van der Waals surface area contributed by atoms with Crippen LogP contribution in [0, 0.1) is 0 Å². The number of unbranched alkanes of at least 4 members (excludes halogenated alkanes) is 1. The van der Waals surface area contributed by atoms with Gasteiger partial charge in [-0.25, -0.2) is 4.79 Å². The van der Waals surface area contributed by atoms with Crippen LogP contribution in [0.5, 0.6) is 5.75 Å². The summed E-state index contributed by atoms with van der Waals surface area (Å²) in [4.78, 5) is 14.2. The van der Waals surface area contributed by atoms with Crippen LogP contribution in [0.4, 0.5) is 4.79 Å². The third-order valence-corrected chi connectivity index (χ3v) is 5.02. The zero-order chi connectivity index (χ0) is 19.7. The zero-order valence-corrected chi connectivity index (χ0v) is 16.5. The van der Waals surface area contributed by atoms with Gasteiger partial charge in [-0.05, 0) is 43.2 Å². The molecule has 27 heavy (non-hydrogen) atoms. The van der Waals surface area contributed by atoms with Crippen molar-refractivity contribution < 1.29 is 21.8 Å². The predicted octanol–water partition coefficient (Wildman–Crippen LogP) is 3.52. The molecule has 1 aromatic heterocycles. The van der Waals surface area contributed by atoms with E-state index in [4.69, 9.17) is 8.60 Å². The highest BCUT2D eigenvalue weighted by atomic mass is 32.2. The SMILES string of the molecule is CCCCNC(=O)N(Cc1cccc(OS(=O)(=O)CC)c1)Cc1ccco1. The molecule has 0 spiro atoms. The zero-order valence-electron chi connectivity index (χ0n) is 15.7. The summed E-state index contributed by atoms with van der Waals surface area (Å²) < 4.78 is 33.7. The lowest BCUT2D eigenvalue weighted by Gasteiger charge is -2.22. The maximum atomic E-state index is 12.6. The third-order valence-electron chi connectivity index (χ3n) is 3.87. The summed E-state index contributed by atoms with van der Waals surface area (Å²) in [6.45, 7) is 4.78. The molecule has 1 heterocycles. The van der Waals surface area contributed by atoms with Crippen LogP contribution in [0.3, 0.4) is 0 Å². The number of carbonyl (C=O) groups is 1. The Hall–Kier alpha value is -2.48. The van der Waals surface area contributed by atoms with Crippen molar-refractivity contribution in [3.63, 3.8) is 0 Å². The number of hydrogen-bond acceptors (Lipinski definition) is 5. The van der Waals surface area contributed by atoms with Crippen molar-refractivity contribution >= 4 is 16.1 Å². The number of urea groups is 1. The molecule has 2 aromatic rings. The largest absolute Gasteiger partial charge is 0.467 e. The van der Waals surface area contributed by atoms with Crippen LogP contribution < -0.4 is 9.50 Å². The highest BCUT2D eigenvalue weighted by Gasteiger charge is 2.16. The number of amides is 2. The van der Waals surface area contributed by atoms with E-state index >= 15 is 0 Å². The summed E-state index contributed by atoms with van der Waals surface area (Å²) >= 11 is 0. The third kappa shape index (κ3) is 6.97. The first-order valence-electron chi connectivity index (χ1n) is 8.99. The molecular weight excluding hydrogens is 368 g/mol. The Morgan fingerprint density at radius 3 is 2.67 bits per heavy atom. The average molecular weight is 394 g/mol. The van der Waals surface area contributed by atoms with Gasteiger partial charge in [-0.3, -0.25) is 0 Å². The van der Waals surface area contributed by atoms with E-state index < -0.39 is 10.1 Å². The summed E-state index contributed by atoms with van der Waals surface area (Å²) in [5.41, 5.74) is 0.760. The van der Waals surface area contributed by atoms with Gasteiger partial charge in [-0.1, -0.05) is 25.5 Å². The topological polar surface area (TPSA) is 88.9 Å². The molecule has 8 heteroatoms. The van der Waals surface area contributed by atoms with E-state index in [1.807, 2.05) is 6.07 Å². The van der Waals surface area contributed by atoms with Crippen molar-refractivity contribution in [2.24, 2.45) is 0 Å². The first-order valence-corrected chi connectivity index (χ1v) is 10.6. The van der Waals surface area contributed by atoms with Gasteiger partial charge < -0.3 is 18.8 Å². The van der Waals surface area contributed by atoms with Gasteiger partial charge in [0, 0.05) is 13.1 Å². The number of furan rings is 1. The minimum absolute atomic E-state index is 0.109. The van der Waals surface area contributed by atoms with Crippen LogP contribution >= 0.6 is 0 Å². The standard InChI is InChI=1S/C19H26N2O5S/c1-3-5-11-20-19(22)21(15-18-10-7-12-25-18)14-16-8-6-9-17(13-16)26-27(23,24)4-2/h6-10,12-13H,3-5,11,14-15H2,1-2H3,(H,20,22). The van der Waals surface area contributed by atoms with Crippen molar-refractivity contribution in [2.45, 2.75) is 39.8 Å². The first-order chi connectivity index (χ1) is 12.9. The minimum atomic E-state index is -3.60. The maximum Gasteiger partial charge on any atom is 0.318 e. The van der Waals surface area contributed by atoms with E-state index in [2.05, 4.69) is 12.2 Å². The molecule has 0 atom stereocenters. The highest BCUT2D eigenvalue weighted by molar-refractivity contribution is 7.87. The number of nitrogens with zero attached hydrogens (tertiary/aromatic N) is 1. The molecule has 0 aliphatic rings. The van der Waals surface area contributed by atoms with E-state index in [1.165, 1.54) is 6.92 Å². The Labute approximate surface area is 160 Å². The Balaban J connectivity index is 2.12. The van der Waals surface area contributed by atoms with Gasteiger partial charge in [0.05, 0.1) is 18.6 Å². The molecule has 0 aliphatic heterocycles. The van der Waals surface area contributed by atoms with Crippen molar-refractivity contribution in [2.75, 3.05) is 12.3 Å². The van der Waals surface area contributed by atoms with Gasteiger partial charge in [0.1, 0.15) is 11.5 Å². The van der Waals surface area contributed by atoms with Crippen molar-refractivity contribution in [1.29, 1.82) is 0 Å². The molecule has 1 N–H and O–H groups in total. The Morgan fingerprint density at radius 1 is 1.19 bits per heavy atom. The fourth-order valence-corrected chi connectivity index (χ4v) is 2.91. The summed E-state index contributed by atoms with van der Waals surface area (Å²) in [6.07, 6.45) is 3.45. The number of carbonyl (C=O) groups excluding carboxylic acids is 1. The van der Waals surface area contributed by atoms with Gasteiger partial charge in [0.15, 0.2) is 0 Å².